The molecular weight excluding hydrogens is 673 g/mol. The predicted octanol–water partition coefficient (Wildman–Crippen LogP) is 13.3. The van der Waals surface area contributed by atoms with Crippen LogP contribution in [0, 0.1) is 28.6 Å². The number of unbranched alkanes of at least 4 members (excludes halogenated alkanes) is 4. The number of Topliss-reactive ketones (excluding diaryl/α,β-unsaturated/α-hetero) is 1. The van der Waals surface area contributed by atoms with E-state index in [2.05, 4.69) is 107 Å². The topological polar surface area (TPSA) is 55.8 Å². The third kappa shape index (κ3) is 10.3. The maximum Gasteiger partial charge on any atom is 0.192 e. The van der Waals surface area contributed by atoms with Gasteiger partial charge in [-0.15, -0.1) is 0 Å². The van der Waals surface area contributed by atoms with Crippen molar-refractivity contribution in [3.05, 3.63) is 35.5 Å². The highest BCUT2D eigenvalue weighted by Crippen LogP contribution is 2.60. The first-order chi connectivity index (χ1) is 24.1. The summed E-state index contributed by atoms with van der Waals surface area (Å²) < 4.78 is 14.2. The molecule has 0 unspecified atom stereocenters. The Bertz CT molecular complexity index is 1250. The van der Waals surface area contributed by atoms with Crippen molar-refractivity contribution in [1.82, 2.24) is 0 Å². The Labute approximate surface area is 323 Å². The van der Waals surface area contributed by atoms with Gasteiger partial charge in [-0.2, -0.15) is 0 Å². The number of hydrogen-bond donors (Lipinski definition) is 1. The molecule has 0 saturated heterocycles. The van der Waals surface area contributed by atoms with E-state index in [9.17, 15) is 9.90 Å². The minimum absolute atomic E-state index is 0.187. The normalized spacial score (nSPS) is 30.4. The Morgan fingerprint density at radius 3 is 1.98 bits per heavy atom. The summed E-state index contributed by atoms with van der Waals surface area (Å²) in [7, 11) is -3.82. The fourth-order valence-electron chi connectivity index (χ4n) is 9.61. The van der Waals surface area contributed by atoms with Gasteiger partial charge in [-0.3, -0.25) is 4.79 Å². The van der Waals surface area contributed by atoms with Crippen LogP contribution in [0.4, 0.5) is 0 Å². The molecule has 4 nitrogen and oxygen atoms in total. The van der Waals surface area contributed by atoms with Crippen LogP contribution < -0.4 is 0 Å². The van der Waals surface area contributed by atoms with E-state index in [1.807, 2.05) is 6.08 Å². The molecule has 7 atom stereocenters. The molecule has 0 amide bonds. The van der Waals surface area contributed by atoms with E-state index >= 15 is 0 Å². The van der Waals surface area contributed by atoms with Gasteiger partial charge in [-0.05, 0) is 130 Å². The third-order valence-electron chi connectivity index (χ3n) is 15.3. The Hall–Kier alpha value is -0.796. The molecule has 0 radical (unpaired) electrons. The molecule has 0 aromatic carbocycles. The van der Waals surface area contributed by atoms with Crippen molar-refractivity contribution in [2.24, 2.45) is 28.6 Å². The van der Waals surface area contributed by atoms with E-state index < -0.39 is 28.2 Å². The first-order valence-electron chi connectivity index (χ1n) is 21.7. The monoisotopic (exact) mass is 755 g/mol. The summed E-state index contributed by atoms with van der Waals surface area (Å²) in [6.07, 6.45) is 26.5. The molecule has 1 N–H and O–H groups in total. The highest BCUT2D eigenvalue weighted by Gasteiger charge is 2.54. The number of fused-ring (bicyclic) bond motifs is 1. The standard InChI is InChI=1S/C46H82O4Si2/c1-14-15-16-17-18-21-41(47)46(29-30-46)42(48)27-22-34(2)39-25-26-40-36(20-19-28-45(39,40)9)24-23-35-31-37(49-51(10,11)43(3,4)5)33-38(32-35)50-52(12,13)44(6,7)8/h22-24,27,34,37-40,42,48H,14-21,25-26,28-33H2,1-13H3/b27-22+,36-24+/t34-,37-,38-,39-,40+,42+,45-/m1/s1. The maximum absolute atomic E-state index is 13.2. The quantitative estimate of drug-likeness (QED) is 0.0968. The lowest BCUT2D eigenvalue weighted by molar-refractivity contribution is -0.127. The Balaban J connectivity index is 1.46. The summed E-state index contributed by atoms with van der Waals surface area (Å²) in [4.78, 5) is 13.2. The van der Waals surface area contributed by atoms with Gasteiger partial charge >= 0.3 is 0 Å². The van der Waals surface area contributed by atoms with E-state index in [-0.39, 0.29) is 27.7 Å². The summed E-state index contributed by atoms with van der Waals surface area (Å²) in [6.45, 7) is 30.8. The highest BCUT2D eigenvalue weighted by atomic mass is 28.4. The van der Waals surface area contributed by atoms with Crippen LogP contribution >= 0.6 is 0 Å². The smallest absolute Gasteiger partial charge is 0.192 e. The molecule has 0 heterocycles. The second-order valence-corrected chi connectivity index (χ2v) is 30.8. The van der Waals surface area contributed by atoms with Gasteiger partial charge < -0.3 is 14.0 Å². The van der Waals surface area contributed by atoms with E-state index in [4.69, 9.17) is 8.85 Å². The molecule has 0 spiro atoms. The number of hydrogen-bond acceptors (Lipinski definition) is 4. The van der Waals surface area contributed by atoms with Gasteiger partial charge in [0, 0.05) is 6.42 Å². The maximum atomic E-state index is 13.2. The van der Waals surface area contributed by atoms with E-state index in [1.165, 1.54) is 56.9 Å². The highest BCUT2D eigenvalue weighted by molar-refractivity contribution is 6.74. The molecule has 4 fully saturated rings. The Morgan fingerprint density at radius 1 is 0.865 bits per heavy atom. The molecular formula is C46H82O4Si2. The van der Waals surface area contributed by atoms with Crippen LogP contribution in [0.1, 0.15) is 165 Å². The van der Waals surface area contributed by atoms with Gasteiger partial charge in [-0.25, -0.2) is 0 Å². The van der Waals surface area contributed by atoms with Crippen molar-refractivity contribution < 1.29 is 18.8 Å². The number of aliphatic hydroxyl groups excluding tert-OH is 1. The molecule has 52 heavy (non-hydrogen) atoms. The van der Waals surface area contributed by atoms with E-state index in [1.54, 1.807) is 5.57 Å². The zero-order valence-electron chi connectivity index (χ0n) is 36.3. The van der Waals surface area contributed by atoms with E-state index in [0.717, 1.165) is 44.9 Å². The van der Waals surface area contributed by atoms with Gasteiger partial charge in [0.25, 0.3) is 0 Å². The zero-order chi connectivity index (χ0) is 38.8. The Morgan fingerprint density at radius 2 is 1.44 bits per heavy atom. The number of rotatable bonds is 16. The lowest BCUT2D eigenvalue weighted by Gasteiger charge is -2.45. The fraction of sp³-hybridized carbons (Fsp3) is 0.848. The van der Waals surface area contributed by atoms with Crippen LogP contribution in [-0.2, 0) is 13.6 Å². The summed E-state index contributed by atoms with van der Waals surface area (Å²) in [6, 6.07) is 0. The number of ketones is 1. The van der Waals surface area contributed by atoms with Crippen molar-refractivity contribution >= 4 is 22.4 Å². The number of allylic oxidation sites excluding steroid dienone is 4. The SMILES string of the molecule is CCCCCCCC(=O)C1([C@@H](O)/C=C/[C@@H](C)[C@H]2CC[C@H]3/C(=C/C=C4C[C@@H](O[Si](C)(C)C(C)(C)C)C[C@H](O[Si](C)(C)C(C)(C)C)C4)CCC[C@]23C)CC1. The molecule has 0 aromatic heterocycles. The minimum Gasteiger partial charge on any atom is -0.414 e. The number of carbonyl (C=O) groups excluding carboxylic acids is 1. The van der Waals surface area contributed by atoms with Gasteiger partial charge in [0.1, 0.15) is 5.78 Å². The van der Waals surface area contributed by atoms with Crippen LogP contribution in [0.3, 0.4) is 0 Å². The van der Waals surface area contributed by atoms with Gasteiger partial charge in [-0.1, -0.05) is 123 Å². The summed E-state index contributed by atoms with van der Waals surface area (Å²) in [5.74, 6) is 1.91. The largest absolute Gasteiger partial charge is 0.414 e. The summed E-state index contributed by atoms with van der Waals surface area (Å²) in [5.41, 5.74) is 2.93. The zero-order valence-corrected chi connectivity index (χ0v) is 38.3. The summed E-state index contributed by atoms with van der Waals surface area (Å²) >= 11 is 0. The third-order valence-corrected chi connectivity index (χ3v) is 24.3. The Kier molecular flexibility index (Phi) is 14.5. The number of carbonyl (C=O) groups is 1. The van der Waals surface area contributed by atoms with Crippen molar-refractivity contribution in [2.75, 3.05) is 0 Å². The first-order valence-corrected chi connectivity index (χ1v) is 27.5. The van der Waals surface area contributed by atoms with Gasteiger partial charge in [0.05, 0.1) is 23.7 Å². The average Bonchev–Trinajstić information content (AvgIpc) is 3.77. The molecule has 0 bridgehead atoms. The second kappa shape index (κ2) is 17.1. The molecule has 4 rings (SSSR count). The van der Waals surface area contributed by atoms with E-state index in [0.29, 0.717) is 30.0 Å². The predicted molar refractivity (Wildman–Crippen MR) is 227 cm³/mol. The van der Waals surface area contributed by atoms with Crippen LogP contribution in [-0.4, -0.2) is 45.8 Å². The molecule has 4 saturated carbocycles. The average molecular weight is 755 g/mol. The summed E-state index contributed by atoms with van der Waals surface area (Å²) in [5, 5.41) is 11.7. The lowest BCUT2D eigenvalue weighted by Crippen LogP contribution is -2.48. The van der Waals surface area contributed by atoms with Crippen molar-refractivity contribution in [1.29, 1.82) is 0 Å². The van der Waals surface area contributed by atoms with Gasteiger partial charge in [0.15, 0.2) is 16.6 Å². The second-order valence-electron chi connectivity index (χ2n) is 21.2. The molecule has 0 aliphatic heterocycles. The molecule has 4 aliphatic rings. The van der Waals surface area contributed by atoms with Crippen LogP contribution in [0.15, 0.2) is 35.5 Å². The molecule has 4 aliphatic carbocycles. The molecule has 0 aromatic rings. The lowest BCUT2D eigenvalue weighted by atomic mass is 9.61. The fourth-order valence-corrected chi connectivity index (χ4v) is 12.3. The van der Waals surface area contributed by atoms with Crippen molar-refractivity contribution in [3.63, 3.8) is 0 Å². The van der Waals surface area contributed by atoms with Crippen LogP contribution in [0.2, 0.25) is 36.3 Å². The minimum atomic E-state index is -1.91. The molecule has 6 heteroatoms. The van der Waals surface area contributed by atoms with Gasteiger partial charge in [0.2, 0.25) is 0 Å². The van der Waals surface area contributed by atoms with Crippen LogP contribution in [0.5, 0.6) is 0 Å². The first kappa shape index (κ1) is 43.9. The molecule has 298 valence electrons. The van der Waals surface area contributed by atoms with Crippen molar-refractivity contribution in [2.45, 2.75) is 220 Å². The van der Waals surface area contributed by atoms with Crippen LogP contribution in [0.25, 0.3) is 0 Å². The number of aliphatic hydroxyl groups is 1. The van der Waals surface area contributed by atoms with Crippen molar-refractivity contribution in [3.8, 4) is 0 Å².